The Kier molecular flexibility index (Phi) is 4.94. The van der Waals surface area contributed by atoms with Gasteiger partial charge in [0, 0.05) is 6.04 Å². The number of rotatable bonds is 5. The van der Waals surface area contributed by atoms with E-state index in [9.17, 15) is 17.6 Å². The molecule has 0 radical (unpaired) electrons. The second-order valence-corrected chi connectivity index (χ2v) is 7.24. The largest absolute Gasteiger partial charge is 0.349 e. The molecule has 3 N–H and O–H groups in total. The molecule has 0 spiro atoms. The molecule has 0 bridgehead atoms. The van der Waals surface area contributed by atoms with Crippen molar-refractivity contribution in [3.63, 3.8) is 0 Å². The Morgan fingerprint density at radius 1 is 1.41 bits per heavy atom. The summed E-state index contributed by atoms with van der Waals surface area (Å²) in [5, 5.41) is 11.5. The smallest absolute Gasteiger partial charge is 0.254 e. The van der Waals surface area contributed by atoms with Crippen LogP contribution in [0.5, 0.6) is 0 Å². The quantitative estimate of drug-likeness (QED) is 0.869. The maximum absolute atomic E-state index is 13.7. The maximum Gasteiger partial charge on any atom is 0.254 e. The van der Waals surface area contributed by atoms with Gasteiger partial charge in [0.05, 0.1) is 10.5 Å². The third-order valence-corrected chi connectivity index (χ3v) is 4.65. The number of hydrogen-bond donors (Lipinski definition) is 2. The number of benzene rings is 1. The molecule has 0 aliphatic rings. The molecule has 0 saturated heterocycles. The molecule has 0 aliphatic heterocycles. The van der Waals surface area contributed by atoms with Crippen molar-refractivity contribution in [2.24, 2.45) is 5.14 Å². The number of hydrogen-bond acceptors (Lipinski definition) is 4. The fraction of sp³-hybridized carbons (Fsp3) is 0.214. The van der Waals surface area contributed by atoms with Gasteiger partial charge >= 0.3 is 0 Å². The minimum atomic E-state index is -3.99. The van der Waals surface area contributed by atoms with E-state index in [1.807, 2.05) is 16.8 Å². The van der Waals surface area contributed by atoms with E-state index in [4.69, 9.17) is 5.14 Å². The highest BCUT2D eigenvalue weighted by molar-refractivity contribution is 7.89. The lowest BCUT2D eigenvalue weighted by Crippen LogP contribution is -2.34. The summed E-state index contributed by atoms with van der Waals surface area (Å²) < 4.78 is 36.3. The molecule has 0 fully saturated rings. The van der Waals surface area contributed by atoms with Gasteiger partial charge in [0.15, 0.2) is 0 Å². The number of amides is 1. The van der Waals surface area contributed by atoms with Gasteiger partial charge in [0.2, 0.25) is 10.0 Å². The zero-order valence-corrected chi connectivity index (χ0v) is 13.4. The molecule has 0 unspecified atom stereocenters. The summed E-state index contributed by atoms with van der Waals surface area (Å²) in [6.45, 7) is 1.79. The maximum atomic E-state index is 13.7. The second-order valence-electron chi connectivity index (χ2n) is 4.90. The highest BCUT2D eigenvalue weighted by Crippen LogP contribution is 2.15. The Hall–Kier alpha value is -1.77. The van der Waals surface area contributed by atoms with Crippen LogP contribution in [0.3, 0.4) is 0 Å². The summed E-state index contributed by atoms with van der Waals surface area (Å²) in [6.07, 6.45) is 0.603. The number of thiophene rings is 1. The first kappa shape index (κ1) is 16.6. The number of sulfonamides is 1. The van der Waals surface area contributed by atoms with E-state index < -0.39 is 21.7 Å². The highest BCUT2D eigenvalue weighted by Gasteiger charge is 2.18. The summed E-state index contributed by atoms with van der Waals surface area (Å²) in [6, 6.07) is 4.60. The van der Waals surface area contributed by atoms with E-state index in [1.165, 1.54) is 0 Å². The lowest BCUT2D eigenvalue weighted by Gasteiger charge is -2.14. The molecule has 22 heavy (non-hydrogen) atoms. The van der Waals surface area contributed by atoms with Gasteiger partial charge in [-0.1, -0.05) is 0 Å². The summed E-state index contributed by atoms with van der Waals surface area (Å²) in [7, 11) is -3.99. The average molecular weight is 342 g/mol. The number of primary sulfonamides is 1. The Morgan fingerprint density at radius 2 is 2.14 bits per heavy atom. The van der Waals surface area contributed by atoms with E-state index >= 15 is 0 Å². The molecule has 1 atom stereocenters. The minimum Gasteiger partial charge on any atom is -0.349 e. The second kappa shape index (κ2) is 6.55. The summed E-state index contributed by atoms with van der Waals surface area (Å²) in [4.78, 5) is 11.8. The van der Waals surface area contributed by atoms with Crippen LogP contribution in [0.15, 0.2) is 39.9 Å². The monoisotopic (exact) mass is 342 g/mol. The van der Waals surface area contributed by atoms with Crippen molar-refractivity contribution in [2.75, 3.05) is 0 Å². The molecule has 1 heterocycles. The van der Waals surface area contributed by atoms with E-state index in [1.54, 1.807) is 18.3 Å². The molecule has 0 aliphatic carbocycles. The SMILES string of the molecule is C[C@@H](Cc1ccsc1)NC(=O)c1cc(S(N)(=O)=O)ccc1F. The van der Waals surface area contributed by atoms with Crippen molar-refractivity contribution >= 4 is 27.3 Å². The van der Waals surface area contributed by atoms with Crippen molar-refractivity contribution in [2.45, 2.75) is 24.3 Å². The Labute approximate surface area is 132 Å². The van der Waals surface area contributed by atoms with Gasteiger partial charge in [-0.2, -0.15) is 11.3 Å². The van der Waals surface area contributed by atoms with Crippen LogP contribution < -0.4 is 10.5 Å². The van der Waals surface area contributed by atoms with Crippen molar-refractivity contribution in [1.29, 1.82) is 0 Å². The third kappa shape index (κ3) is 4.12. The molecule has 118 valence electrons. The van der Waals surface area contributed by atoms with Crippen molar-refractivity contribution < 1.29 is 17.6 Å². The normalized spacial score (nSPS) is 12.9. The van der Waals surface area contributed by atoms with Crippen LogP contribution in [0.1, 0.15) is 22.8 Å². The molecule has 1 aromatic heterocycles. The van der Waals surface area contributed by atoms with Gasteiger partial charge < -0.3 is 5.32 Å². The first-order chi connectivity index (χ1) is 10.3. The fourth-order valence-electron chi connectivity index (χ4n) is 1.97. The molecule has 2 aromatic rings. The van der Waals surface area contributed by atoms with E-state index in [0.717, 1.165) is 23.8 Å². The first-order valence-electron chi connectivity index (χ1n) is 6.41. The average Bonchev–Trinajstić information content (AvgIpc) is 2.90. The zero-order chi connectivity index (χ0) is 16.3. The zero-order valence-electron chi connectivity index (χ0n) is 11.7. The Morgan fingerprint density at radius 3 is 2.73 bits per heavy atom. The lowest BCUT2D eigenvalue weighted by molar-refractivity contribution is 0.0936. The van der Waals surface area contributed by atoms with Crippen molar-refractivity contribution in [3.8, 4) is 0 Å². The number of carbonyl (C=O) groups excluding carboxylic acids is 1. The van der Waals surface area contributed by atoms with Crippen LogP contribution in [0.4, 0.5) is 4.39 Å². The van der Waals surface area contributed by atoms with Crippen molar-refractivity contribution in [1.82, 2.24) is 5.32 Å². The van der Waals surface area contributed by atoms with Crippen LogP contribution in [-0.2, 0) is 16.4 Å². The first-order valence-corrected chi connectivity index (χ1v) is 8.90. The number of halogens is 1. The summed E-state index contributed by atoms with van der Waals surface area (Å²) in [5.41, 5.74) is 0.722. The predicted molar refractivity (Wildman–Crippen MR) is 82.7 cm³/mol. The van der Waals surface area contributed by atoms with Gasteiger partial charge in [0.25, 0.3) is 5.91 Å². The Balaban J connectivity index is 2.15. The molecule has 2 rings (SSSR count). The number of nitrogens with two attached hydrogens (primary N) is 1. The van der Waals surface area contributed by atoms with Gasteiger partial charge in [-0.3, -0.25) is 4.79 Å². The molecule has 5 nitrogen and oxygen atoms in total. The third-order valence-electron chi connectivity index (χ3n) is 3.01. The van der Waals surface area contributed by atoms with Gasteiger partial charge in [-0.15, -0.1) is 0 Å². The molecule has 8 heteroatoms. The van der Waals surface area contributed by atoms with Gasteiger partial charge in [0.1, 0.15) is 5.82 Å². The standard InChI is InChI=1S/C14H15FN2O3S2/c1-9(6-10-4-5-21-8-10)17-14(18)12-7-11(22(16,19)20)2-3-13(12)15/h2-5,7-9H,6H2,1H3,(H,17,18)(H2,16,19,20)/t9-/m0/s1. The van der Waals surface area contributed by atoms with Gasteiger partial charge in [-0.05, 0) is 53.9 Å². The molecular formula is C14H15FN2O3S2. The fourth-order valence-corrected chi connectivity index (χ4v) is 3.19. The summed E-state index contributed by atoms with van der Waals surface area (Å²) >= 11 is 1.55. The topological polar surface area (TPSA) is 89.3 Å². The van der Waals surface area contributed by atoms with E-state index in [-0.39, 0.29) is 16.5 Å². The van der Waals surface area contributed by atoms with Crippen LogP contribution in [0.25, 0.3) is 0 Å². The minimum absolute atomic E-state index is 0.223. The van der Waals surface area contributed by atoms with Crippen molar-refractivity contribution in [3.05, 3.63) is 52.0 Å². The molecular weight excluding hydrogens is 327 g/mol. The van der Waals surface area contributed by atoms with E-state index in [2.05, 4.69) is 5.32 Å². The highest BCUT2D eigenvalue weighted by atomic mass is 32.2. The molecule has 0 saturated carbocycles. The van der Waals surface area contributed by atoms with E-state index in [0.29, 0.717) is 6.42 Å². The van der Waals surface area contributed by atoms with Crippen LogP contribution >= 0.6 is 11.3 Å². The number of carbonyl (C=O) groups is 1. The van der Waals surface area contributed by atoms with Gasteiger partial charge in [-0.25, -0.2) is 17.9 Å². The van der Waals surface area contributed by atoms with Crippen LogP contribution in [-0.4, -0.2) is 20.4 Å². The van der Waals surface area contributed by atoms with Crippen LogP contribution in [0.2, 0.25) is 0 Å². The summed E-state index contributed by atoms with van der Waals surface area (Å²) in [5.74, 6) is -1.47. The molecule has 1 amide bonds. The molecule has 1 aromatic carbocycles. The Bertz CT molecular complexity index is 773. The number of nitrogens with one attached hydrogen (secondary N) is 1. The predicted octanol–water partition coefficient (Wildman–Crippen LogP) is 1.90. The lowest BCUT2D eigenvalue weighted by atomic mass is 10.1. The van der Waals surface area contributed by atoms with Crippen LogP contribution in [0, 0.1) is 5.82 Å².